The summed E-state index contributed by atoms with van der Waals surface area (Å²) in [5.74, 6) is 0. The summed E-state index contributed by atoms with van der Waals surface area (Å²) in [6, 6.07) is 9.84. The molecule has 0 saturated heterocycles. The number of hydrogen-bond acceptors (Lipinski definition) is 1. The van der Waals surface area contributed by atoms with E-state index in [2.05, 4.69) is 0 Å². The first-order chi connectivity index (χ1) is 4.61. The van der Waals surface area contributed by atoms with Gasteiger partial charge in [-0.05, 0) is 18.3 Å². The van der Waals surface area contributed by atoms with Gasteiger partial charge in [-0.15, -0.1) is 0 Å². The van der Waals surface area contributed by atoms with Gasteiger partial charge >= 0.3 is 51.4 Å². The molecule has 1 aromatic carbocycles. The summed E-state index contributed by atoms with van der Waals surface area (Å²) >= 11 is 0. The van der Waals surface area contributed by atoms with Crippen molar-refractivity contribution in [2.24, 2.45) is 0 Å². The third-order valence-electron chi connectivity index (χ3n) is 1.48. The minimum Gasteiger partial charge on any atom is -0.428 e. The van der Waals surface area contributed by atoms with Crippen LogP contribution >= 0.6 is 0 Å². The molecule has 0 atom stereocenters. The number of rotatable bonds is 1. The molecule has 0 heterocycles. The molecular formula is C8H12KOSi+. The van der Waals surface area contributed by atoms with Crippen LogP contribution in [0.3, 0.4) is 0 Å². The maximum absolute atomic E-state index is 9.63. The van der Waals surface area contributed by atoms with E-state index in [-0.39, 0.29) is 51.4 Å². The van der Waals surface area contributed by atoms with Crippen molar-refractivity contribution in [3.05, 3.63) is 30.3 Å². The average molecular weight is 191 g/mol. The fourth-order valence-corrected chi connectivity index (χ4v) is 1.85. The minimum atomic E-state index is -2.03. The molecule has 0 spiro atoms. The van der Waals surface area contributed by atoms with Crippen LogP contribution in [0.2, 0.25) is 13.1 Å². The quantitative estimate of drug-likeness (QED) is 0.514. The fourth-order valence-electron chi connectivity index (χ4n) is 0.846. The van der Waals surface area contributed by atoms with Crippen molar-refractivity contribution in [3.63, 3.8) is 0 Å². The third-order valence-corrected chi connectivity index (χ3v) is 3.23. The Bertz CT molecular complexity index is 205. The Labute approximate surface area is 111 Å². The van der Waals surface area contributed by atoms with E-state index in [0.717, 1.165) is 5.19 Å². The second-order valence-electron chi connectivity index (χ2n) is 2.93. The van der Waals surface area contributed by atoms with E-state index in [4.69, 9.17) is 0 Å². The molecular weight excluding hydrogens is 179 g/mol. The van der Waals surface area contributed by atoms with Crippen LogP contribution in [-0.4, -0.2) is 13.1 Å². The van der Waals surface area contributed by atoms with Crippen molar-refractivity contribution in [3.8, 4) is 0 Å². The summed E-state index contributed by atoms with van der Waals surface area (Å²) in [5.41, 5.74) is 0. The molecule has 0 amide bonds. The molecule has 11 heavy (non-hydrogen) atoms. The second kappa shape index (κ2) is 4.91. The zero-order chi connectivity index (χ0) is 7.61. The summed E-state index contributed by atoms with van der Waals surface area (Å²) in [6.45, 7) is 3.84. The van der Waals surface area contributed by atoms with Crippen LogP contribution < -0.4 is 56.6 Å². The monoisotopic (exact) mass is 191 g/mol. The van der Waals surface area contributed by atoms with E-state index < -0.39 is 8.32 Å². The molecule has 0 saturated carbocycles. The molecule has 0 fully saturated rings. The van der Waals surface area contributed by atoms with Gasteiger partial charge in [0.05, 0.1) is 0 Å². The SMILES string of the molecule is C[Si](C)(O)c1ccccc1.[K+]. The van der Waals surface area contributed by atoms with Gasteiger partial charge < -0.3 is 4.80 Å². The van der Waals surface area contributed by atoms with Crippen molar-refractivity contribution in [1.82, 2.24) is 0 Å². The summed E-state index contributed by atoms with van der Waals surface area (Å²) in [7, 11) is -2.03. The molecule has 0 aliphatic carbocycles. The van der Waals surface area contributed by atoms with Gasteiger partial charge in [0, 0.05) is 0 Å². The molecule has 3 heteroatoms. The zero-order valence-electron chi connectivity index (χ0n) is 7.33. The number of benzene rings is 1. The topological polar surface area (TPSA) is 20.2 Å². The van der Waals surface area contributed by atoms with E-state index in [1.807, 2.05) is 43.4 Å². The van der Waals surface area contributed by atoms with E-state index >= 15 is 0 Å². The maximum atomic E-state index is 9.63. The minimum absolute atomic E-state index is 0. The van der Waals surface area contributed by atoms with Crippen LogP contribution in [0.5, 0.6) is 0 Å². The summed E-state index contributed by atoms with van der Waals surface area (Å²) < 4.78 is 0. The van der Waals surface area contributed by atoms with Crippen LogP contribution in [0.15, 0.2) is 30.3 Å². The van der Waals surface area contributed by atoms with Gasteiger partial charge in [0.1, 0.15) is 0 Å². The van der Waals surface area contributed by atoms with Crippen LogP contribution in [0.1, 0.15) is 0 Å². The van der Waals surface area contributed by atoms with Crippen molar-refractivity contribution >= 4 is 13.5 Å². The Morgan fingerprint density at radius 2 is 1.55 bits per heavy atom. The predicted octanol–water partition coefficient (Wildman–Crippen LogP) is -1.90. The Hall–Kier alpha value is 1.03. The number of hydrogen-bond donors (Lipinski definition) is 1. The molecule has 1 rings (SSSR count). The van der Waals surface area contributed by atoms with E-state index in [9.17, 15) is 4.80 Å². The van der Waals surface area contributed by atoms with Gasteiger partial charge in [0.15, 0.2) is 0 Å². The molecule has 1 aromatic rings. The smallest absolute Gasteiger partial charge is 0.428 e. The van der Waals surface area contributed by atoms with Crippen LogP contribution in [0.4, 0.5) is 0 Å². The van der Waals surface area contributed by atoms with Crippen LogP contribution in [0.25, 0.3) is 0 Å². The third kappa shape index (κ3) is 3.98. The first-order valence-electron chi connectivity index (χ1n) is 3.38. The molecule has 0 aliphatic heterocycles. The van der Waals surface area contributed by atoms with E-state index in [1.165, 1.54) is 0 Å². The molecule has 0 bridgehead atoms. The molecule has 1 nitrogen and oxygen atoms in total. The van der Waals surface area contributed by atoms with Crippen molar-refractivity contribution in [1.29, 1.82) is 0 Å². The van der Waals surface area contributed by atoms with Crippen molar-refractivity contribution < 1.29 is 56.2 Å². The predicted molar refractivity (Wildman–Crippen MR) is 45.8 cm³/mol. The Kier molecular flexibility index (Phi) is 5.38. The largest absolute Gasteiger partial charge is 1.00 e. The molecule has 0 aliphatic rings. The normalized spacial score (nSPS) is 10.5. The van der Waals surface area contributed by atoms with Gasteiger partial charge in [-0.2, -0.15) is 0 Å². The molecule has 0 aromatic heterocycles. The van der Waals surface area contributed by atoms with Gasteiger partial charge in [-0.3, -0.25) is 0 Å². The van der Waals surface area contributed by atoms with Gasteiger partial charge in [0.25, 0.3) is 0 Å². The first-order valence-corrected chi connectivity index (χ1v) is 6.33. The summed E-state index contributed by atoms with van der Waals surface area (Å²) in [4.78, 5) is 9.63. The Morgan fingerprint density at radius 3 is 1.82 bits per heavy atom. The average Bonchev–Trinajstić information content (AvgIpc) is 1.88. The standard InChI is InChI=1S/C8H12OSi.K/c1-10(2,9)8-6-4-3-5-7-8;/h3-7,9H,1-2H3;/q;+1. The maximum Gasteiger partial charge on any atom is 1.00 e. The molecule has 0 unspecified atom stereocenters. The summed E-state index contributed by atoms with van der Waals surface area (Å²) in [6.07, 6.45) is 0. The van der Waals surface area contributed by atoms with Gasteiger partial charge in [-0.25, -0.2) is 0 Å². The van der Waals surface area contributed by atoms with Gasteiger partial charge in [-0.1, -0.05) is 30.3 Å². The molecule has 54 valence electrons. The first kappa shape index (κ1) is 12.0. The van der Waals surface area contributed by atoms with E-state index in [0.29, 0.717) is 0 Å². The van der Waals surface area contributed by atoms with E-state index in [1.54, 1.807) is 0 Å². The van der Waals surface area contributed by atoms with Crippen LogP contribution in [-0.2, 0) is 0 Å². The van der Waals surface area contributed by atoms with Crippen LogP contribution in [0, 0.1) is 0 Å². The van der Waals surface area contributed by atoms with Gasteiger partial charge in [0.2, 0.25) is 8.32 Å². The van der Waals surface area contributed by atoms with Crippen molar-refractivity contribution in [2.45, 2.75) is 13.1 Å². The summed E-state index contributed by atoms with van der Waals surface area (Å²) in [5, 5.41) is 1.09. The Balaban J connectivity index is 0.000001000. The second-order valence-corrected chi connectivity index (χ2v) is 6.62. The fraction of sp³-hybridized carbons (Fsp3) is 0.250. The van der Waals surface area contributed by atoms with Crippen molar-refractivity contribution in [2.75, 3.05) is 0 Å². The zero-order valence-corrected chi connectivity index (χ0v) is 11.5. The molecule has 1 N–H and O–H groups in total. The Morgan fingerprint density at radius 1 is 1.09 bits per heavy atom. The molecule has 0 radical (unpaired) electrons.